The molecule has 0 unspecified atom stereocenters. The summed E-state index contributed by atoms with van der Waals surface area (Å²) in [7, 11) is 4.14. The number of hydrogen-bond donors (Lipinski definition) is 2. The van der Waals surface area contributed by atoms with Gasteiger partial charge in [-0.2, -0.15) is 0 Å². The van der Waals surface area contributed by atoms with Crippen molar-refractivity contribution in [1.82, 2.24) is 10.4 Å². The third-order valence-electron chi connectivity index (χ3n) is 5.24. The number of ether oxygens (including phenoxy) is 4. The van der Waals surface area contributed by atoms with Gasteiger partial charge in [-0.05, 0) is 36.4 Å². The SMILES string of the molecule is COC(=O)c1ccc(NC(=O)COC(=O)[C@H]2CC(=O)N(NC(=O)c3cc(OC)cc(OC)c3)C2)cc1. The number of benzene rings is 2. The Bertz CT molecular complexity index is 1140. The molecule has 2 aromatic rings. The van der Waals surface area contributed by atoms with E-state index in [0.29, 0.717) is 22.7 Å². The highest BCUT2D eigenvalue weighted by atomic mass is 16.5. The van der Waals surface area contributed by atoms with Gasteiger partial charge in [0.2, 0.25) is 5.91 Å². The van der Waals surface area contributed by atoms with Crippen LogP contribution in [0.25, 0.3) is 0 Å². The maximum Gasteiger partial charge on any atom is 0.337 e. The molecule has 0 aliphatic carbocycles. The number of carbonyl (C=O) groups is 5. The second kappa shape index (κ2) is 11.7. The molecule has 1 atom stereocenters. The Kier molecular flexibility index (Phi) is 8.44. The Balaban J connectivity index is 1.50. The summed E-state index contributed by atoms with van der Waals surface area (Å²) in [4.78, 5) is 60.9. The first kappa shape index (κ1) is 26.0. The van der Waals surface area contributed by atoms with E-state index in [4.69, 9.17) is 14.2 Å². The molecule has 1 aliphatic heterocycles. The maximum absolute atomic E-state index is 12.6. The van der Waals surface area contributed by atoms with Crippen molar-refractivity contribution < 1.29 is 42.9 Å². The number of nitrogens with one attached hydrogen (secondary N) is 2. The lowest BCUT2D eigenvalue weighted by molar-refractivity contribution is -0.151. The largest absolute Gasteiger partial charge is 0.497 e. The predicted octanol–water partition coefficient (Wildman–Crippen LogP) is 1.17. The zero-order chi connectivity index (χ0) is 26.2. The van der Waals surface area contributed by atoms with Crippen LogP contribution in [-0.2, 0) is 23.9 Å². The van der Waals surface area contributed by atoms with Crippen LogP contribution in [0.1, 0.15) is 27.1 Å². The Morgan fingerprint density at radius 1 is 0.944 bits per heavy atom. The Labute approximate surface area is 206 Å². The van der Waals surface area contributed by atoms with Gasteiger partial charge in [-0.1, -0.05) is 0 Å². The fourth-order valence-corrected chi connectivity index (χ4v) is 3.36. The first-order valence-corrected chi connectivity index (χ1v) is 10.7. The second-order valence-corrected chi connectivity index (χ2v) is 7.67. The van der Waals surface area contributed by atoms with Crippen LogP contribution in [0, 0.1) is 5.92 Å². The van der Waals surface area contributed by atoms with Crippen molar-refractivity contribution in [2.75, 3.05) is 39.8 Å². The molecule has 36 heavy (non-hydrogen) atoms. The van der Waals surface area contributed by atoms with Crippen molar-refractivity contribution in [2.24, 2.45) is 5.92 Å². The summed E-state index contributed by atoms with van der Waals surface area (Å²) in [6.07, 6.45) is -0.183. The molecule has 0 radical (unpaired) electrons. The number of hydrazine groups is 1. The van der Waals surface area contributed by atoms with Crippen LogP contribution in [0.5, 0.6) is 11.5 Å². The van der Waals surface area contributed by atoms with E-state index in [9.17, 15) is 24.0 Å². The van der Waals surface area contributed by atoms with Crippen molar-refractivity contribution in [2.45, 2.75) is 6.42 Å². The van der Waals surface area contributed by atoms with Crippen LogP contribution in [0.4, 0.5) is 5.69 Å². The standard InChI is InChI=1S/C24H25N3O9/c1-33-18-8-15(9-19(11-18)34-2)22(30)26-27-12-16(10-21(27)29)24(32)36-13-20(28)25-17-6-4-14(5-7-17)23(31)35-3/h4-9,11,16H,10,12-13H2,1-3H3,(H,25,28)(H,26,30)/t16-/m0/s1. The molecule has 3 rings (SSSR count). The molecule has 12 nitrogen and oxygen atoms in total. The lowest BCUT2D eigenvalue weighted by Gasteiger charge is -2.18. The van der Waals surface area contributed by atoms with Crippen LogP contribution < -0.4 is 20.2 Å². The van der Waals surface area contributed by atoms with E-state index in [1.165, 1.54) is 57.7 Å². The van der Waals surface area contributed by atoms with E-state index in [-0.39, 0.29) is 18.5 Å². The van der Waals surface area contributed by atoms with E-state index in [0.717, 1.165) is 5.01 Å². The number of esters is 2. The molecule has 1 heterocycles. The first-order valence-electron chi connectivity index (χ1n) is 10.7. The molecule has 1 fully saturated rings. The zero-order valence-corrected chi connectivity index (χ0v) is 19.9. The molecule has 1 aliphatic rings. The number of methoxy groups -OCH3 is 3. The van der Waals surface area contributed by atoms with Crippen LogP contribution in [0.2, 0.25) is 0 Å². The van der Waals surface area contributed by atoms with Crippen molar-refractivity contribution >= 4 is 35.3 Å². The number of hydrogen-bond acceptors (Lipinski definition) is 9. The Hall–Kier alpha value is -4.61. The van der Waals surface area contributed by atoms with Gasteiger partial charge >= 0.3 is 11.9 Å². The third-order valence-corrected chi connectivity index (χ3v) is 5.24. The van der Waals surface area contributed by atoms with E-state index < -0.39 is 42.2 Å². The number of anilines is 1. The van der Waals surface area contributed by atoms with E-state index >= 15 is 0 Å². The molecule has 0 spiro atoms. The maximum atomic E-state index is 12.6. The van der Waals surface area contributed by atoms with E-state index in [1.807, 2.05) is 0 Å². The van der Waals surface area contributed by atoms with Crippen molar-refractivity contribution in [3.63, 3.8) is 0 Å². The summed E-state index contributed by atoms with van der Waals surface area (Å²) >= 11 is 0. The average Bonchev–Trinajstić information content (AvgIpc) is 3.26. The highest BCUT2D eigenvalue weighted by Gasteiger charge is 2.36. The third kappa shape index (κ3) is 6.50. The smallest absolute Gasteiger partial charge is 0.337 e. The summed E-state index contributed by atoms with van der Waals surface area (Å²) in [5.41, 5.74) is 3.36. The Morgan fingerprint density at radius 3 is 2.17 bits per heavy atom. The average molecular weight is 499 g/mol. The topological polar surface area (TPSA) is 150 Å². The van der Waals surface area contributed by atoms with E-state index in [2.05, 4.69) is 15.5 Å². The minimum absolute atomic E-state index is 0.110. The molecule has 2 N–H and O–H groups in total. The highest BCUT2D eigenvalue weighted by Crippen LogP contribution is 2.23. The van der Waals surface area contributed by atoms with Gasteiger partial charge in [-0.25, -0.2) is 4.79 Å². The molecule has 0 bridgehead atoms. The quantitative estimate of drug-likeness (QED) is 0.485. The van der Waals surface area contributed by atoms with Crippen LogP contribution in [-0.4, -0.2) is 69.2 Å². The molecule has 3 amide bonds. The minimum atomic E-state index is -0.857. The normalized spacial score (nSPS) is 14.6. The van der Waals surface area contributed by atoms with Crippen LogP contribution >= 0.6 is 0 Å². The second-order valence-electron chi connectivity index (χ2n) is 7.67. The van der Waals surface area contributed by atoms with E-state index in [1.54, 1.807) is 6.07 Å². The summed E-state index contributed by atoms with van der Waals surface area (Å²) in [5.74, 6) is -3.00. The van der Waals surface area contributed by atoms with Gasteiger partial charge in [-0.3, -0.25) is 29.6 Å². The summed E-state index contributed by atoms with van der Waals surface area (Å²) in [5, 5.41) is 3.56. The van der Waals surface area contributed by atoms with Crippen molar-refractivity contribution in [3.05, 3.63) is 53.6 Å². The number of nitrogens with zero attached hydrogens (tertiary/aromatic N) is 1. The molecule has 0 saturated carbocycles. The fraction of sp³-hybridized carbons (Fsp3) is 0.292. The molecular weight excluding hydrogens is 474 g/mol. The summed E-state index contributed by atoms with van der Waals surface area (Å²) in [6, 6.07) is 10.5. The first-order chi connectivity index (χ1) is 17.2. The van der Waals surface area contributed by atoms with Gasteiger partial charge in [0.25, 0.3) is 11.8 Å². The lowest BCUT2D eigenvalue weighted by Crippen LogP contribution is -2.43. The fourth-order valence-electron chi connectivity index (χ4n) is 3.36. The van der Waals surface area contributed by atoms with Gasteiger partial charge in [0.1, 0.15) is 11.5 Å². The van der Waals surface area contributed by atoms with Gasteiger partial charge in [0.05, 0.1) is 39.4 Å². The monoisotopic (exact) mass is 499 g/mol. The summed E-state index contributed by atoms with van der Waals surface area (Å²) < 4.78 is 19.9. The van der Waals surface area contributed by atoms with Gasteiger partial charge in [0.15, 0.2) is 6.61 Å². The van der Waals surface area contributed by atoms with Gasteiger partial charge < -0.3 is 24.3 Å². The molecule has 1 saturated heterocycles. The predicted molar refractivity (Wildman–Crippen MR) is 124 cm³/mol. The minimum Gasteiger partial charge on any atom is -0.497 e. The van der Waals surface area contributed by atoms with Crippen LogP contribution in [0.15, 0.2) is 42.5 Å². The number of rotatable bonds is 9. The number of amides is 3. The summed E-state index contributed by atoms with van der Waals surface area (Å²) in [6.45, 7) is -0.681. The van der Waals surface area contributed by atoms with Crippen molar-refractivity contribution in [3.8, 4) is 11.5 Å². The lowest BCUT2D eigenvalue weighted by atomic mass is 10.1. The molecule has 12 heteroatoms. The molecule has 190 valence electrons. The van der Waals surface area contributed by atoms with Crippen LogP contribution in [0.3, 0.4) is 0 Å². The Morgan fingerprint density at radius 2 is 1.58 bits per heavy atom. The zero-order valence-electron chi connectivity index (χ0n) is 19.9. The van der Waals surface area contributed by atoms with Crippen molar-refractivity contribution in [1.29, 1.82) is 0 Å². The van der Waals surface area contributed by atoms with Gasteiger partial charge in [0, 0.05) is 23.7 Å². The molecule has 2 aromatic carbocycles. The highest BCUT2D eigenvalue weighted by molar-refractivity contribution is 5.97. The van der Waals surface area contributed by atoms with Gasteiger partial charge in [-0.15, -0.1) is 0 Å². The number of carbonyl (C=O) groups excluding carboxylic acids is 5. The molecular formula is C24H25N3O9. The molecule has 0 aromatic heterocycles.